The lowest BCUT2D eigenvalue weighted by Gasteiger charge is -2.29. The van der Waals surface area contributed by atoms with Crippen LogP contribution >= 0.6 is 0 Å². The third-order valence-corrected chi connectivity index (χ3v) is 4.08. The summed E-state index contributed by atoms with van der Waals surface area (Å²) in [5, 5.41) is 14.2. The lowest BCUT2D eigenvalue weighted by Crippen LogP contribution is -2.35. The van der Waals surface area contributed by atoms with E-state index in [9.17, 15) is 10.1 Å². The zero-order valence-corrected chi connectivity index (χ0v) is 13.0. The Labute approximate surface area is 126 Å². The van der Waals surface area contributed by atoms with Gasteiger partial charge in [0.15, 0.2) is 0 Å². The van der Waals surface area contributed by atoms with Crippen molar-refractivity contribution < 1.29 is 4.92 Å². The minimum Gasteiger partial charge on any atom is -0.385 e. The van der Waals surface area contributed by atoms with Crippen molar-refractivity contribution in [1.82, 2.24) is 4.90 Å². The van der Waals surface area contributed by atoms with Gasteiger partial charge in [0.1, 0.15) is 0 Å². The average Bonchev–Trinajstić information content (AvgIpc) is 2.47. The predicted molar refractivity (Wildman–Crippen MR) is 85.8 cm³/mol. The summed E-state index contributed by atoms with van der Waals surface area (Å²) in [6, 6.07) is 4.99. The molecule has 5 nitrogen and oxygen atoms in total. The molecular formula is C16H25N3O2. The SMILES string of the molecule is Cc1cc([N+](=O)[O-])ccc1NCC(C)CN1CCCCC1. The number of likely N-dealkylation sites (tertiary alicyclic amines) is 1. The lowest BCUT2D eigenvalue weighted by atomic mass is 10.1. The van der Waals surface area contributed by atoms with E-state index in [0.29, 0.717) is 5.92 Å². The van der Waals surface area contributed by atoms with Crippen molar-refractivity contribution in [2.75, 3.05) is 31.5 Å². The van der Waals surface area contributed by atoms with Crippen molar-refractivity contribution in [2.24, 2.45) is 5.92 Å². The molecule has 1 atom stereocenters. The molecule has 0 saturated carbocycles. The molecule has 0 bridgehead atoms. The van der Waals surface area contributed by atoms with Crippen molar-refractivity contribution in [2.45, 2.75) is 33.1 Å². The summed E-state index contributed by atoms with van der Waals surface area (Å²) < 4.78 is 0. The van der Waals surface area contributed by atoms with Gasteiger partial charge in [-0.25, -0.2) is 0 Å². The molecule has 0 aromatic heterocycles. The fourth-order valence-corrected chi connectivity index (χ4v) is 2.89. The standard InChI is InChI=1S/C16H25N3O2/c1-13(12-18-8-4-3-5-9-18)11-17-16-7-6-15(19(20)21)10-14(16)2/h6-7,10,13,17H,3-5,8-9,11-12H2,1-2H3. The number of anilines is 1. The predicted octanol–water partition coefficient (Wildman–Crippen LogP) is 3.44. The Morgan fingerprint density at radius 3 is 2.67 bits per heavy atom. The van der Waals surface area contributed by atoms with Gasteiger partial charge in [0.2, 0.25) is 0 Å². The molecule has 2 rings (SSSR count). The van der Waals surface area contributed by atoms with E-state index in [0.717, 1.165) is 24.3 Å². The molecule has 1 aliphatic rings. The molecule has 0 radical (unpaired) electrons. The van der Waals surface area contributed by atoms with Crippen LogP contribution in [0.15, 0.2) is 18.2 Å². The zero-order valence-electron chi connectivity index (χ0n) is 13.0. The molecule has 1 fully saturated rings. The summed E-state index contributed by atoms with van der Waals surface area (Å²) in [5.74, 6) is 0.567. The number of aryl methyl sites for hydroxylation is 1. The van der Waals surface area contributed by atoms with E-state index in [4.69, 9.17) is 0 Å². The molecule has 1 heterocycles. The summed E-state index contributed by atoms with van der Waals surface area (Å²) in [6.45, 7) is 8.63. The third kappa shape index (κ3) is 4.70. The Hall–Kier alpha value is -1.62. The number of nitro benzene ring substituents is 1. The lowest BCUT2D eigenvalue weighted by molar-refractivity contribution is -0.384. The summed E-state index contributed by atoms with van der Waals surface area (Å²) >= 11 is 0. The molecule has 0 spiro atoms. The average molecular weight is 291 g/mol. The molecule has 116 valence electrons. The van der Waals surface area contributed by atoms with Gasteiger partial charge in [0, 0.05) is 30.9 Å². The van der Waals surface area contributed by atoms with Gasteiger partial charge in [-0.1, -0.05) is 13.3 Å². The number of piperidine rings is 1. The van der Waals surface area contributed by atoms with Crippen LogP contribution in [0.4, 0.5) is 11.4 Å². The van der Waals surface area contributed by atoms with Crippen LogP contribution in [-0.2, 0) is 0 Å². The Morgan fingerprint density at radius 2 is 2.05 bits per heavy atom. The van der Waals surface area contributed by atoms with E-state index < -0.39 is 0 Å². The van der Waals surface area contributed by atoms with Crippen LogP contribution in [-0.4, -0.2) is 36.0 Å². The molecular weight excluding hydrogens is 266 g/mol. The molecule has 1 aromatic rings. The largest absolute Gasteiger partial charge is 0.385 e. The van der Waals surface area contributed by atoms with Crippen LogP contribution in [0.2, 0.25) is 0 Å². The maximum atomic E-state index is 10.7. The van der Waals surface area contributed by atoms with Crippen LogP contribution in [0.3, 0.4) is 0 Å². The second-order valence-electron chi connectivity index (χ2n) is 6.10. The van der Waals surface area contributed by atoms with Gasteiger partial charge in [-0.15, -0.1) is 0 Å². The number of hydrogen-bond acceptors (Lipinski definition) is 4. The minimum atomic E-state index is -0.351. The first kappa shape index (κ1) is 15.8. The molecule has 0 amide bonds. The van der Waals surface area contributed by atoms with E-state index in [-0.39, 0.29) is 10.6 Å². The maximum absolute atomic E-state index is 10.7. The summed E-state index contributed by atoms with van der Waals surface area (Å²) in [5.41, 5.74) is 2.07. The second kappa shape index (κ2) is 7.41. The number of benzene rings is 1. The number of nitrogens with zero attached hydrogens (tertiary/aromatic N) is 2. The van der Waals surface area contributed by atoms with E-state index >= 15 is 0 Å². The normalized spacial score (nSPS) is 17.4. The molecule has 1 aromatic carbocycles. The second-order valence-corrected chi connectivity index (χ2v) is 6.10. The highest BCUT2D eigenvalue weighted by atomic mass is 16.6. The van der Waals surface area contributed by atoms with Gasteiger partial charge in [0.25, 0.3) is 5.69 Å². The molecule has 1 unspecified atom stereocenters. The third-order valence-electron chi connectivity index (χ3n) is 4.08. The number of non-ortho nitro benzene ring substituents is 1. The number of hydrogen-bond donors (Lipinski definition) is 1. The van der Waals surface area contributed by atoms with Crippen molar-refractivity contribution in [3.8, 4) is 0 Å². The monoisotopic (exact) mass is 291 g/mol. The fourth-order valence-electron chi connectivity index (χ4n) is 2.89. The molecule has 1 N–H and O–H groups in total. The Morgan fingerprint density at radius 1 is 1.33 bits per heavy atom. The number of rotatable bonds is 6. The van der Waals surface area contributed by atoms with Crippen LogP contribution in [0, 0.1) is 23.0 Å². The maximum Gasteiger partial charge on any atom is 0.269 e. The van der Waals surface area contributed by atoms with E-state index in [1.165, 1.54) is 32.4 Å². The first-order valence-corrected chi connectivity index (χ1v) is 7.77. The molecule has 1 saturated heterocycles. The quantitative estimate of drug-likeness (QED) is 0.644. The summed E-state index contributed by atoms with van der Waals surface area (Å²) in [4.78, 5) is 12.9. The highest BCUT2D eigenvalue weighted by Crippen LogP contribution is 2.21. The van der Waals surface area contributed by atoms with E-state index in [1.54, 1.807) is 18.2 Å². The van der Waals surface area contributed by atoms with Gasteiger partial charge in [-0.3, -0.25) is 10.1 Å². The van der Waals surface area contributed by atoms with Gasteiger partial charge < -0.3 is 10.2 Å². The smallest absolute Gasteiger partial charge is 0.269 e. The van der Waals surface area contributed by atoms with Gasteiger partial charge in [0.05, 0.1) is 4.92 Å². The van der Waals surface area contributed by atoms with E-state index in [2.05, 4.69) is 17.1 Å². The fraction of sp³-hybridized carbons (Fsp3) is 0.625. The van der Waals surface area contributed by atoms with Crippen LogP contribution in [0.1, 0.15) is 31.7 Å². The van der Waals surface area contributed by atoms with Crippen LogP contribution in [0.5, 0.6) is 0 Å². The summed E-state index contributed by atoms with van der Waals surface area (Å²) in [7, 11) is 0. The molecule has 21 heavy (non-hydrogen) atoms. The highest BCUT2D eigenvalue weighted by molar-refractivity contribution is 5.55. The zero-order chi connectivity index (χ0) is 15.2. The number of nitro groups is 1. The Bertz CT molecular complexity index is 484. The first-order chi connectivity index (χ1) is 10.1. The van der Waals surface area contributed by atoms with Gasteiger partial charge in [-0.05, 0) is 50.4 Å². The molecule has 0 aliphatic carbocycles. The van der Waals surface area contributed by atoms with Crippen molar-refractivity contribution >= 4 is 11.4 Å². The summed E-state index contributed by atoms with van der Waals surface area (Å²) in [6.07, 6.45) is 4.01. The van der Waals surface area contributed by atoms with Crippen molar-refractivity contribution in [1.29, 1.82) is 0 Å². The Balaban J connectivity index is 1.83. The van der Waals surface area contributed by atoms with E-state index in [1.807, 2.05) is 6.92 Å². The van der Waals surface area contributed by atoms with Crippen molar-refractivity contribution in [3.05, 3.63) is 33.9 Å². The van der Waals surface area contributed by atoms with Crippen LogP contribution < -0.4 is 5.32 Å². The Kier molecular flexibility index (Phi) is 5.56. The first-order valence-electron chi connectivity index (χ1n) is 7.77. The topological polar surface area (TPSA) is 58.4 Å². The molecule has 5 heteroatoms. The highest BCUT2D eigenvalue weighted by Gasteiger charge is 2.14. The van der Waals surface area contributed by atoms with Crippen molar-refractivity contribution in [3.63, 3.8) is 0 Å². The number of nitrogens with one attached hydrogen (secondary N) is 1. The molecule has 1 aliphatic heterocycles. The minimum absolute atomic E-state index is 0.152. The van der Waals surface area contributed by atoms with Gasteiger partial charge >= 0.3 is 0 Å². The van der Waals surface area contributed by atoms with Crippen LogP contribution in [0.25, 0.3) is 0 Å². The van der Waals surface area contributed by atoms with Gasteiger partial charge in [-0.2, -0.15) is 0 Å².